The Morgan fingerprint density at radius 3 is 2.78 bits per heavy atom. The van der Waals surface area contributed by atoms with Gasteiger partial charge in [0.05, 0.1) is 12.0 Å². The first kappa shape index (κ1) is 13.6. The number of nitrogens with one attached hydrogen (secondary N) is 2. The normalized spacial score (nSPS) is 10.8. The molecule has 23 heavy (non-hydrogen) atoms. The second kappa shape index (κ2) is 5.62. The number of imidazole rings is 1. The van der Waals surface area contributed by atoms with Crippen LogP contribution in [0.5, 0.6) is 0 Å². The van der Waals surface area contributed by atoms with Gasteiger partial charge in [0.25, 0.3) is 0 Å². The van der Waals surface area contributed by atoms with Crippen LogP contribution in [0, 0.1) is 0 Å². The van der Waals surface area contributed by atoms with Crippen LogP contribution >= 0.6 is 11.3 Å². The molecule has 2 N–H and O–H groups in total. The van der Waals surface area contributed by atoms with Gasteiger partial charge in [0.1, 0.15) is 0 Å². The van der Waals surface area contributed by atoms with Gasteiger partial charge < -0.3 is 9.73 Å². The van der Waals surface area contributed by atoms with E-state index in [2.05, 4.69) is 15.6 Å². The molecule has 0 aliphatic rings. The van der Waals surface area contributed by atoms with Crippen LogP contribution in [-0.2, 0) is 0 Å². The van der Waals surface area contributed by atoms with E-state index in [4.69, 9.17) is 4.42 Å². The van der Waals surface area contributed by atoms with Crippen molar-refractivity contribution in [1.82, 2.24) is 9.38 Å². The van der Waals surface area contributed by atoms with Gasteiger partial charge in [-0.05, 0) is 18.2 Å². The first-order chi connectivity index (χ1) is 11.3. The number of anilines is 2. The number of carbonyl (C=O) groups excluding carboxylic acids is 1. The summed E-state index contributed by atoms with van der Waals surface area (Å²) in [5.41, 5.74) is 2.60. The number of carbonyl (C=O) groups is 1. The number of furan rings is 1. The Hall–Kier alpha value is -3.06. The minimum absolute atomic E-state index is 0.352. The summed E-state index contributed by atoms with van der Waals surface area (Å²) in [5.74, 6) is 0.400. The molecule has 1 aromatic carbocycles. The maximum atomic E-state index is 11.8. The van der Waals surface area contributed by atoms with E-state index in [0.717, 1.165) is 16.2 Å². The maximum Gasteiger partial charge on any atom is 0.326 e. The summed E-state index contributed by atoms with van der Waals surface area (Å²) >= 11 is 1.59. The average Bonchev–Trinajstić information content (AvgIpc) is 3.24. The maximum absolute atomic E-state index is 11.8. The average molecular weight is 324 g/mol. The molecule has 6 nitrogen and oxygen atoms in total. The number of amides is 2. The summed E-state index contributed by atoms with van der Waals surface area (Å²) in [4.78, 5) is 17.3. The molecular weight excluding hydrogens is 312 g/mol. The largest absolute Gasteiger partial charge is 0.449 e. The lowest BCUT2D eigenvalue weighted by Gasteiger charge is -2.06. The summed E-state index contributed by atoms with van der Waals surface area (Å²) in [7, 11) is 0. The Balaban J connectivity index is 1.47. The van der Waals surface area contributed by atoms with Crippen LogP contribution in [0.4, 0.5) is 16.4 Å². The van der Waals surface area contributed by atoms with Crippen LogP contribution in [0.2, 0.25) is 0 Å². The Labute approximate surface area is 135 Å². The second-order valence-electron chi connectivity index (χ2n) is 4.85. The fraction of sp³-hybridized carbons (Fsp3) is 0. The van der Waals surface area contributed by atoms with Gasteiger partial charge in [-0.15, -0.1) is 11.3 Å². The van der Waals surface area contributed by atoms with Crippen molar-refractivity contribution in [1.29, 1.82) is 0 Å². The third kappa shape index (κ3) is 2.82. The Bertz CT molecular complexity index is 910. The molecule has 0 atom stereocenters. The molecule has 114 valence electrons. The third-order valence-electron chi connectivity index (χ3n) is 3.29. The lowest BCUT2D eigenvalue weighted by atomic mass is 10.1. The highest BCUT2D eigenvalue weighted by Crippen LogP contribution is 2.23. The molecule has 4 rings (SSSR count). The third-order valence-corrected chi connectivity index (χ3v) is 4.06. The molecule has 0 aliphatic carbocycles. The smallest absolute Gasteiger partial charge is 0.326 e. The molecule has 0 bridgehead atoms. The van der Waals surface area contributed by atoms with Crippen molar-refractivity contribution in [2.24, 2.45) is 0 Å². The van der Waals surface area contributed by atoms with Crippen LogP contribution in [0.15, 0.2) is 64.9 Å². The molecule has 7 heteroatoms. The summed E-state index contributed by atoms with van der Waals surface area (Å²) in [6.45, 7) is 0. The summed E-state index contributed by atoms with van der Waals surface area (Å²) in [5, 5.41) is 7.34. The number of hydrogen-bond acceptors (Lipinski definition) is 4. The molecule has 0 spiro atoms. The topological polar surface area (TPSA) is 71.6 Å². The van der Waals surface area contributed by atoms with Crippen molar-refractivity contribution in [2.45, 2.75) is 0 Å². The molecule has 3 heterocycles. The fourth-order valence-corrected chi connectivity index (χ4v) is 2.91. The second-order valence-corrected chi connectivity index (χ2v) is 5.73. The molecule has 3 aromatic heterocycles. The van der Waals surface area contributed by atoms with E-state index >= 15 is 0 Å². The predicted octanol–water partition coefficient (Wildman–Crippen LogP) is 4.30. The molecule has 0 unspecified atom stereocenters. The van der Waals surface area contributed by atoms with Crippen molar-refractivity contribution in [3.05, 3.63) is 60.4 Å². The predicted molar refractivity (Wildman–Crippen MR) is 89.9 cm³/mol. The summed E-state index contributed by atoms with van der Waals surface area (Å²) < 4.78 is 7.05. The van der Waals surface area contributed by atoms with Crippen LogP contribution in [-0.4, -0.2) is 15.4 Å². The van der Waals surface area contributed by atoms with E-state index in [-0.39, 0.29) is 6.03 Å². The number of rotatable bonds is 3. The Morgan fingerprint density at radius 1 is 1.17 bits per heavy atom. The van der Waals surface area contributed by atoms with Gasteiger partial charge >= 0.3 is 6.03 Å². The summed E-state index contributed by atoms with van der Waals surface area (Å²) in [6, 6.07) is 10.6. The monoisotopic (exact) mass is 324 g/mol. The van der Waals surface area contributed by atoms with Gasteiger partial charge in [-0.2, -0.15) is 0 Å². The van der Waals surface area contributed by atoms with E-state index < -0.39 is 0 Å². The molecule has 2 amide bonds. The summed E-state index contributed by atoms with van der Waals surface area (Å²) in [6.07, 6.45) is 5.46. The minimum atomic E-state index is -0.352. The van der Waals surface area contributed by atoms with E-state index in [9.17, 15) is 4.79 Å². The Kier molecular flexibility index (Phi) is 3.32. The van der Waals surface area contributed by atoms with Crippen molar-refractivity contribution < 1.29 is 9.21 Å². The number of nitrogens with zero attached hydrogens (tertiary/aromatic N) is 2. The van der Waals surface area contributed by atoms with Crippen molar-refractivity contribution in [3.63, 3.8) is 0 Å². The van der Waals surface area contributed by atoms with Gasteiger partial charge in [-0.1, -0.05) is 12.1 Å². The zero-order chi connectivity index (χ0) is 15.6. The molecule has 0 radical (unpaired) electrons. The number of thiazole rings is 1. The first-order valence-electron chi connectivity index (χ1n) is 6.92. The highest BCUT2D eigenvalue weighted by molar-refractivity contribution is 7.15. The number of benzene rings is 1. The SMILES string of the molecule is O=C(Nc1ccc(-c2cn3ccsc3n2)cc1)Nc1ccco1. The van der Waals surface area contributed by atoms with Crippen molar-refractivity contribution in [3.8, 4) is 11.3 Å². The zero-order valence-corrected chi connectivity index (χ0v) is 12.7. The van der Waals surface area contributed by atoms with Gasteiger partial charge in [0.15, 0.2) is 4.96 Å². The minimum Gasteiger partial charge on any atom is -0.449 e. The highest BCUT2D eigenvalue weighted by atomic mass is 32.1. The van der Waals surface area contributed by atoms with E-state index in [1.165, 1.54) is 6.26 Å². The van der Waals surface area contributed by atoms with Crippen molar-refractivity contribution in [2.75, 3.05) is 10.6 Å². The molecule has 0 saturated carbocycles. The lowest BCUT2D eigenvalue weighted by Crippen LogP contribution is -2.18. The number of hydrogen-bond donors (Lipinski definition) is 2. The quantitative estimate of drug-likeness (QED) is 0.590. The van der Waals surface area contributed by atoms with Crippen LogP contribution < -0.4 is 10.6 Å². The molecule has 0 aliphatic heterocycles. The number of aromatic nitrogens is 2. The van der Waals surface area contributed by atoms with Crippen LogP contribution in [0.3, 0.4) is 0 Å². The van der Waals surface area contributed by atoms with E-state index in [1.807, 2.05) is 46.4 Å². The fourth-order valence-electron chi connectivity index (χ4n) is 2.21. The standard InChI is InChI=1S/C16H12N4O2S/c21-15(19-14-2-1-8-22-14)17-12-5-3-11(4-6-12)13-10-20-7-9-23-16(20)18-13/h1-10H,(H2,17,19,21). The Morgan fingerprint density at radius 2 is 2.04 bits per heavy atom. The van der Waals surface area contributed by atoms with Crippen LogP contribution in [0.25, 0.3) is 16.2 Å². The van der Waals surface area contributed by atoms with Crippen molar-refractivity contribution >= 4 is 33.9 Å². The highest BCUT2D eigenvalue weighted by Gasteiger charge is 2.07. The van der Waals surface area contributed by atoms with E-state index in [1.54, 1.807) is 23.5 Å². The van der Waals surface area contributed by atoms with Gasteiger partial charge in [-0.3, -0.25) is 9.72 Å². The van der Waals surface area contributed by atoms with E-state index in [0.29, 0.717) is 11.6 Å². The lowest BCUT2D eigenvalue weighted by molar-refractivity contribution is 0.261. The molecule has 0 fully saturated rings. The number of urea groups is 1. The van der Waals surface area contributed by atoms with Gasteiger partial charge in [0, 0.05) is 35.1 Å². The van der Waals surface area contributed by atoms with Gasteiger partial charge in [-0.25, -0.2) is 9.78 Å². The molecule has 0 saturated heterocycles. The zero-order valence-electron chi connectivity index (χ0n) is 11.9. The number of fused-ring (bicyclic) bond motifs is 1. The van der Waals surface area contributed by atoms with Gasteiger partial charge in [0.2, 0.25) is 5.88 Å². The molecule has 4 aromatic rings. The van der Waals surface area contributed by atoms with Crippen LogP contribution in [0.1, 0.15) is 0 Å². The molecular formula is C16H12N4O2S. The first-order valence-corrected chi connectivity index (χ1v) is 7.80.